The molecule has 4 nitrogen and oxygen atoms in total. The highest BCUT2D eigenvalue weighted by Gasteiger charge is 2.55. The van der Waals surface area contributed by atoms with Gasteiger partial charge in [-0.15, -0.1) is 0 Å². The molecule has 66 valence electrons. The molecular formula is C8H13N3O. The SMILES string of the molecule is CC1CCC12C(N)=NC(=O)N2C. The highest BCUT2D eigenvalue weighted by molar-refractivity contribution is 6.06. The van der Waals surface area contributed by atoms with Gasteiger partial charge in [0.15, 0.2) is 0 Å². The van der Waals surface area contributed by atoms with E-state index in [9.17, 15) is 4.79 Å². The van der Waals surface area contributed by atoms with E-state index in [-0.39, 0.29) is 11.6 Å². The predicted octanol–water partition coefficient (Wildman–Crippen LogP) is 0.578. The van der Waals surface area contributed by atoms with Crippen molar-refractivity contribution >= 4 is 11.9 Å². The molecule has 1 saturated carbocycles. The van der Waals surface area contributed by atoms with E-state index in [0.717, 1.165) is 12.8 Å². The number of carbonyl (C=O) groups is 1. The Labute approximate surface area is 71.4 Å². The summed E-state index contributed by atoms with van der Waals surface area (Å²) in [6.07, 6.45) is 2.10. The molecule has 2 amide bonds. The van der Waals surface area contributed by atoms with Crippen molar-refractivity contribution in [3.05, 3.63) is 0 Å². The van der Waals surface area contributed by atoms with Crippen LogP contribution in [0.4, 0.5) is 4.79 Å². The summed E-state index contributed by atoms with van der Waals surface area (Å²) in [6, 6.07) is -0.195. The molecule has 1 heterocycles. The van der Waals surface area contributed by atoms with Crippen molar-refractivity contribution in [1.82, 2.24) is 4.90 Å². The van der Waals surface area contributed by atoms with Crippen LogP contribution in [0.1, 0.15) is 19.8 Å². The fourth-order valence-electron chi connectivity index (χ4n) is 2.20. The van der Waals surface area contributed by atoms with Crippen molar-refractivity contribution in [2.45, 2.75) is 25.3 Å². The average Bonchev–Trinajstić information content (AvgIpc) is 2.23. The molecule has 0 radical (unpaired) electrons. The van der Waals surface area contributed by atoms with Gasteiger partial charge in [-0.2, -0.15) is 4.99 Å². The number of likely N-dealkylation sites (N-methyl/N-ethyl adjacent to an activating group) is 1. The lowest BCUT2D eigenvalue weighted by Crippen LogP contribution is -2.62. The molecule has 0 saturated heterocycles. The molecule has 2 rings (SSSR count). The number of amides is 2. The largest absolute Gasteiger partial charge is 0.385 e. The lowest BCUT2D eigenvalue weighted by molar-refractivity contribution is 0.0793. The Bertz CT molecular complexity index is 273. The number of carbonyl (C=O) groups excluding carboxylic acids is 1. The quantitative estimate of drug-likeness (QED) is 0.573. The fourth-order valence-corrected chi connectivity index (χ4v) is 2.20. The zero-order chi connectivity index (χ0) is 8.93. The van der Waals surface area contributed by atoms with Crippen molar-refractivity contribution in [3.63, 3.8) is 0 Å². The van der Waals surface area contributed by atoms with Crippen LogP contribution in [0.15, 0.2) is 4.99 Å². The van der Waals surface area contributed by atoms with Gasteiger partial charge in [0.05, 0.1) is 0 Å². The second kappa shape index (κ2) is 2.00. The maximum Gasteiger partial charge on any atom is 0.345 e. The molecule has 1 spiro atoms. The molecule has 0 aromatic heterocycles. The van der Waals surface area contributed by atoms with Crippen LogP contribution in [0.5, 0.6) is 0 Å². The van der Waals surface area contributed by atoms with E-state index in [4.69, 9.17) is 5.73 Å². The second-order valence-electron chi connectivity index (χ2n) is 3.70. The Balaban J connectivity index is 2.38. The van der Waals surface area contributed by atoms with E-state index < -0.39 is 0 Å². The topological polar surface area (TPSA) is 58.7 Å². The molecule has 1 aliphatic heterocycles. The number of hydrogen-bond acceptors (Lipinski definition) is 2. The molecule has 2 atom stereocenters. The van der Waals surface area contributed by atoms with Gasteiger partial charge in [-0.1, -0.05) is 6.92 Å². The number of nitrogens with two attached hydrogens (primary N) is 1. The summed E-state index contributed by atoms with van der Waals surface area (Å²) >= 11 is 0. The van der Waals surface area contributed by atoms with Crippen molar-refractivity contribution in [2.75, 3.05) is 7.05 Å². The van der Waals surface area contributed by atoms with Crippen LogP contribution in [0, 0.1) is 5.92 Å². The Morgan fingerprint density at radius 1 is 1.75 bits per heavy atom. The first-order chi connectivity index (χ1) is 5.59. The van der Waals surface area contributed by atoms with Crippen molar-refractivity contribution in [3.8, 4) is 0 Å². The Hall–Kier alpha value is -1.06. The average molecular weight is 167 g/mol. The normalized spacial score (nSPS) is 40.2. The maximum absolute atomic E-state index is 11.2. The van der Waals surface area contributed by atoms with E-state index >= 15 is 0 Å². The highest BCUT2D eigenvalue weighted by Crippen LogP contribution is 2.45. The van der Waals surface area contributed by atoms with Gasteiger partial charge in [0, 0.05) is 7.05 Å². The molecule has 1 aliphatic carbocycles. The molecule has 0 bridgehead atoms. The summed E-state index contributed by atoms with van der Waals surface area (Å²) in [5.74, 6) is 0.964. The summed E-state index contributed by atoms with van der Waals surface area (Å²) in [7, 11) is 1.78. The third-order valence-corrected chi connectivity index (χ3v) is 3.32. The van der Waals surface area contributed by atoms with Crippen LogP contribution in [-0.2, 0) is 0 Å². The zero-order valence-electron chi connectivity index (χ0n) is 7.37. The summed E-state index contributed by atoms with van der Waals surface area (Å²) < 4.78 is 0. The molecule has 0 aromatic rings. The van der Waals surface area contributed by atoms with Gasteiger partial charge in [-0.05, 0) is 18.8 Å². The van der Waals surface area contributed by atoms with Gasteiger partial charge in [-0.3, -0.25) is 0 Å². The minimum atomic E-state index is -0.225. The van der Waals surface area contributed by atoms with Gasteiger partial charge in [0.1, 0.15) is 11.4 Å². The number of aliphatic imine (C=N–C) groups is 1. The highest BCUT2D eigenvalue weighted by atomic mass is 16.2. The second-order valence-corrected chi connectivity index (χ2v) is 3.70. The minimum absolute atomic E-state index is 0.195. The molecule has 12 heavy (non-hydrogen) atoms. The van der Waals surface area contributed by atoms with E-state index in [0.29, 0.717) is 11.8 Å². The van der Waals surface area contributed by atoms with E-state index in [1.807, 2.05) is 0 Å². The van der Waals surface area contributed by atoms with Crippen LogP contribution >= 0.6 is 0 Å². The molecule has 0 aromatic carbocycles. The molecule has 2 aliphatic rings. The Morgan fingerprint density at radius 3 is 2.58 bits per heavy atom. The number of urea groups is 1. The van der Waals surface area contributed by atoms with Gasteiger partial charge in [0.2, 0.25) is 0 Å². The van der Waals surface area contributed by atoms with E-state index in [1.54, 1.807) is 11.9 Å². The Morgan fingerprint density at radius 2 is 2.42 bits per heavy atom. The number of hydrogen-bond donors (Lipinski definition) is 1. The predicted molar refractivity (Wildman–Crippen MR) is 45.9 cm³/mol. The molecule has 2 unspecified atom stereocenters. The van der Waals surface area contributed by atoms with Crippen LogP contribution in [-0.4, -0.2) is 29.4 Å². The third-order valence-electron chi connectivity index (χ3n) is 3.32. The van der Waals surface area contributed by atoms with Gasteiger partial charge in [-0.25, -0.2) is 4.79 Å². The first-order valence-electron chi connectivity index (χ1n) is 4.21. The molecule has 2 N–H and O–H groups in total. The summed E-state index contributed by atoms with van der Waals surface area (Å²) in [5.41, 5.74) is 5.51. The smallest absolute Gasteiger partial charge is 0.345 e. The van der Waals surface area contributed by atoms with Gasteiger partial charge >= 0.3 is 6.03 Å². The van der Waals surface area contributed by atoms with Crippen LogP contribution < -0.4 is 5.73 Å². The third kappa shape index (κ3) is 0.589. The first kappa shape index (κ1) is 7.58. The maximum atomic E-state index is 11.2. The fraction of sp³-hybridized carbons (Fsp3) is 0.750. The minimum Gasteiger partial charge on any atom is -0.385 e. The zero-order valence-corrected chi connectivity index (χ0v) is 7.37. The Kier molecular flexibility index (Phi) is 1.26. The lowest BCUT2D eigenvalue weighted by Gasteiger charge is -2.49. The molecule has 1 fully saturated rings. The van der Waals surface area contributed by atoms with Crippen LogP contribution in [0.25, 0.3) is 0 Å². The summed E-state index contributed by atoms with van der Waals surface area (Å²) in [6.45, 7) is 2.11. The van der Waals surface area contributed by atoms with E-state index in [1.165, 1.54) is 0 Å². The first-order valence-corrected chi connectivity index (χ1v) is 4.21. The van der Waals surface area contributed by atoms with Crippen molar-refractivity contribution in [2.24, 2.45) is 16.6 Å². The number of rotatable bonds is 0. The van der Waals surface area contributed by atoms with Gasteiger partial charge < -0.3 is 10.6 Å². The van der Waals surface area contributed by atoms with E-state index in [2.05, 4.69) is 11.9 Å². The molecular weight excluding hydrogens is 154 g/mol. The van der Waals surface area contributed by atoms with Gasteiger partial charge in [0.25, 0.3) is 0 Å². The lowest BCUT2D eigenvalue weighted by atomic mass is 9.66. The van der Waals surface area contributed by atoms with Crippen molar-refractivity contribution in [1.29, 1.82) is 0 Å². The van der Waals surface area contributed by atoms with Crippen molar-refractivity contribution < 1.29 is 4.79 Å². The van der Waals surface area contributed by atoms with Crippen LogP contribution in [0.3, 0.4) is 0 Å². The van der Waals surface area contributed by atoms with Crippen LogP contribution in [0.2, 0.25) is 0 Å². The number of nitrogens with zero attached hydrogens (tertiary/aromatic N) is 2. The molecule has 4 heteroatoms. The number of amidine groups is 1. The summed E-state index contributed by atoms with van der Waals surface area (Å²) in [4.78, 5) is 16.7. The monoisotopic (exact) mass is 167 g/mol. The standard InChI is InChI=1S/C8H13N3O/c1-5-3-4-8(5)6(9)10-7(12)11(8)2/h5H,3-4H2,1-2H3,(H2,9,10,12). The summed E-state index contributed by atoms with van der Waals surface area (Å²) in [5, 5.41) is 0.